The van der Waals surface area contributed by atoms with Crippen molar-refractivity contribution in [1.29, 1.82) is 0 Å². The lowest BCUT2D eigenvalue weighted by atomic mass is 10.2. The van der Waals surface area contributed by atoms with Gasteiger partial charge < -0.3 is 10.2 Å². The van der Waals surface area contributed by atoms with E-state index in [0.717, 1.165) is 36.5 Å². The Kier molecular flexibility index (Phi) is 5.21. The SMILES string of the molecule is Cc1nn(-c2ccccc2)c(Cl)c1CN[C@H](C)CN1CCCC1=O. The third kappa shape index (κ3) is 3.62. The molecule has 1 saturated heterocycles. The number of aromatic nitrogens is 2. The highest BCUT2D eigenvalue weighted by Crippen LogP contribution is 2.23. The van der Waals surface area contributed by atoms with Crippen LogP contribution < -0.4 is 5.32 Å². The van der Waals surface area contributed by atoms with E-state index in [1.165, 1.54) is 0 Å². The fourth-order valence-corrected chi connectivity index (χ4v) is 3.38. The number of hydrogen-bond donors (Lipinski definition) is 1. The molecule has 6 heteroatoms. The fraction of sp³-hybridized carbons (Fsp3) is 0.444. The number of amides is 1. The van der Waals surface area contributed by atoms with E-state index < -0.39 is 0 Å². The molecule has 1 fully saturated rings. The Bertz CT molecular complexity index is 713. The number of carbonyl (C=O) groups excluding carboxylic acids is 1. The maximum atomic E-state index is 11.7. The minimum absolute atomic E-state index is 0.211. The summed E-state index contributed by atoms with van der Waals surface area (Å²) < 4.78 is 1.77. The van der Waals surface area contributed by atoms with E-state index in [0.29, 0.717) is 18.1 Å². The maximum Gasteiger partial charge on any atom is 0.222 e. The number of hydrogen-bond acceptors (Lipinski definition) is 3. The first-order chi connectivity index (χ1) is 11.6. The molecule has 0 saturated carbocycles. The van der Waals surface area contributed by atoms with E-state index in [9.17, 15) is 4.79 Å². The smallest absolute Gasteiger partial charge is 0.222 e. The highest BCUT2D eigenvalue weighted by Gasteiger charge is 2.22. The van der Waals surface area contributed by atoms with Crippen molar-refractivity contribution in [2.24, 2.45) is 0 Å². The highest BCUT2D eigenvalue weighted by atomic mass is 35.5. The summed E-state index contributed by atoms with van der Waals surface area (Å²) in [5.41, 5.74) is 2.87. The molecule has 1 aromatic heterocycles. The Labute approximate surface area is 147 Å². The molecule has 0 aliphatic carbocycles. The molecule has 1 aliphatic heterocycles. The van der Waals surface area contributed by atoms with E-state index in [-0.39, 0.29) is 11.9 Å². The Balaban J connectivity index is 1.65. The first kappa shape index (κ1) is 17.0. The zero-order valence-corrected chi connectivity index (χ0v) is 14.9. The van der Waals surface area contributed by atoms with Gasteiger partial charge in [-0.2, -0.15) is 5.10 Å². The Morgan fingerprint density at radius 3 is 2.75 bits per heavy atom. The van der Waals surface area contributed by atoms with Crippen LogP contribution in [0.3, 0.4) is 0 Å². The summed E-state index contributed by atoms with van der Waals surface area (Å²) in [6.07, 6.45) is 1.65. The largest absolute Gasteiger partial charge is 0.341 e. The molecule has 24 heavy (non-hydrogen) atoms. The highest BCUT2D eigenvalue weighted by molar-refractivity contribution is 6.30. The standard InChI is InChI=1S/C18H23ClN4O/c1-13(12-22-10-6-9-17(22)24)20-11-16-14(2)21-23(18(16)19)15-7-4-3-5-8-15/h3-5,7-8,13,20H,6,9-12H2,1-2H3/t13-/m1/s1. The summed E-state index contributed by atoms with van der Waals surface area (Å²) in [7, 11) is 0. The van der Waals surface area contributed by atoms with Crippen LogP contribution in [0.25, 0.3) is 5.69 Å². The molecule has 3 rings (SSSR count). The van der Waals surface area contributed by atoms with Crippen LogP contribution in [0, 0.1) is 6.92 Å². The second kappa shape index (κ2) is 7.36. The lowest BCUT2D eigenvalue weighted by Crippen LogP contribution is -2.39. The van der Waals surface area contributed by atoms with Gasteiger partial charge in [-0.05, 0) is 32.4 Å². The molecule has 128 valence electrons. The Morgan fingerprint density at radius 2 is 2.08 bits per heavy atom. The molecule has 5 nitrogen and oxygen atoms in total. The van der Waals surface area contributed by atoms with Gasteiger partial charge in [-0.1, -0.05) is 29.8 Å². The number of benzene rings is 1. The summed E-state index contributed by atoms with van der Waals surface area (Å²) in [5.74, 6) is 0.259. The number of likely N-dealkylation sites (tertiary alicyclic amines) is 1. The minimum atomic E-state index is 0.211. The first-order valence-electron chi connectivity index (χ1n) is 8.37. The van der Waals surface area contributed by atoms with Crippen molar-refractivity contribution in [3.05, 3.63) is 46.7 Å². The normalized spacial score (nSPS) is 16.0. The lowest BCUT2D eigenvalue weighted by Gasteiger charge is -2.21. The van der Waals surface area contributed by atoms with Crippen molar-refractivity contribution in [3.63, 3.8) is 0 Å². The van der Waals surface area contributed by atoms with Crippen LogP contribution in [0.2, 0.25) is 5.15 Å². The van der Waals surface area contributed by atoms with Gasteiger partial charge in [0.25, 0.3) is 0 Å². The number of aryl methyl sites for hydroxylation is 1. The van der Waals surface area contributed by atoms with Gasteiger partial charge in [0, 0.05) is 37.7 Å². The molecule has 1 atom stereocenters. The van der Waals surface area contributed by atoms with Gasteiger partial charge >= 0.3 is 0 Å². The van der Waals surface area contributed by atoms with Crippen LogP contribution in [-0.2, 0) is 11.3 Å². The molecule has 0 bridgehead atoms. The molecule has 0 radical (unpaired) electrons. The number of nitrogens with one attached hydrogen (secondary N) is 1. The summed E-state index contributed by atoms with van der Waals surface area (Å²) >= 11 is 6.54. The average molecular weight is 347 g/mol. The summed E-state index contributed by atoms with van der Waals surface area (Å²) in [6.45, 7) is 6.31. The monoisotopic (exact) mass is 346 g/mol. The fourth-order valence-electron chi connectivity index (χ4n) is 3.04. The quantitative estimate of drug-likeness (QED) is 0.875. The third-order valence-electron chi connectivity index (χ3n) is 4.42. The van der Waals surface area contributed by atoms with Crippen LogP contribution in [-0.4, -0.2) is 39.7 Å². The van der Waals surface area contributed by atoms with E-state index in [2.05, 4.69) is 17.3 Å². The molecule has 2 aromatic rings. The van der Waals surface area contributed by atoms with Gasteiger partial charge in [-0.15, -0.1) is 0 Å². The summed E-state index contributed by atoms with van der Waals surface area (Å²) in [6, 6.07) is 10.1. The van der Waals surface area contributed by atoms with Crippen LogP contribution in [0.5, 0.6) is 0 Å². The predicted octanol–water partition coefficient (Wildman–Crippen LogP) is 2.93. The topological polar surface area (TPSA) is 50.2 Å². The zero-order valence-electron chi connectivity index (χ0n) is 14.1. The van der Waals surface area contributed by atoms with E-state index in [4.69, 9.17) is 11.6 Å². The second-order valence-electron chi connectivity index (χ2n) is 6.33. The number of para-hydroxylation sites is 1. The van der Waals surface area contributed by atoms with Crippen molar-refractivity contribution in [3.8, 4) is 5.69 Å². The Morgan fingerprint density at radius 1 is 1.33 bits per heavy atom. The number of rotatable bonds is 6. The van der Waals surface area contributed by atoms with Gasteiger partial charge in [-0.3, -0.25) is 4.79 Å². The van der Waals surface area contributed by atoms with Crippen molar-refractivity contribution < 1.29 is 4.79 Å². The molecule has 0 unspecified atom stereocenters. The summed E-state index contributed by atoms with van der Waals surface area (Å²) in [5, 5.41) is 8.65. The van der Waals surface area contributed by atoms with E-state index in [1.54, 1.807) is 4.68 Å². The molecule has 2 heterocycles. The van der Waals surface area contributed by atoms with Crippen LogP contribution in [0.4, 0.5) is 0 Å². The molecule has 1 amide bonds. The lowest BCUT2D eigenvalue weighted by molar-refractivity contribution is -0.127. The molecular formula is C18H23ClN4O. The number of halogens is 1. The van der Waals surface area contributed by atoms with Crippen molar-refractivity contribution in [1.82, 2.24) is 20.0 Å². The van der Waals surface area contributed by atoms with E-state index >= 15 is 0 Å². The molecule has 1 aliphatic rings. The van der Waals surface area contributed by atoms with Gasteiger partial charge in [0.1, 0.15) is 5.15 Å². The van der Waals surface area contributed by atoms with Gasteiger partial charge in [0.05, 0.1) is 11.4 Å². The maximum absolute atomic E-state index is 11.7. The molecule has 1 aromatic carbocycles. The van der Waals surface area contributed by atoms with Crippen LogP contribution in [0.1, 0.15) is 31.0 Å². The van der Waals surface area contributed by atoms with Gasteiger partial charge in [0.2, 0.25) is 5.91 Å². The molecular weight excluding hydrogens is 324 g/mol. The van der Waals surface area contributed by atoms with Gasteiger partial charge in [0.15, 0.2) is 0 Å². The van der Waals surface area contributed by atoms with Gasteiger partial charge in [-0.25, -0.2) is 4.68 Å². The first-order valence-corrected chi connectivity index (χ1v) is 8.74. The number of carbonyl (C=O) groups is 1. The van der Waals surface area contributed by atoms with E-state index in [1.807, 2.05) is 42.2 Å². The average Bonchev–Trinajstić information content (AvgIpc) is 3.10. The molecule has 1 N–H and O–H groups in total. The van der Waals surface area contributed by atoms with Crippen molar-refractivity contribution in [2.45, 2.75) is 39.3 Å². The minimum Gasteiger partial charge on any atom is -0.341 e. The molecule has 0 spiro atoms. The van der Waals surface area contributed by atoms with Crippen molar-refractivity contribution in [2.75, 3.05) is 13.1 Å². The van der Waals surface area contributed by atoms with Crippen molar-refractivity contribution >= 4 is 17.5 Å². The summed E-state index contributed by atoms with van der Waals surface area (Å²) in [4.78, 5) is 13.6. The van der Waals surface area contributed by atoms with Crippen LogP contribution in [0.15, 0.2) is 30.3 Å². The predicted molar refractivity (Wildman–Crippen MR) is 95.4 cm³/mol. The zero-order chi connectivity index (χ0) is 17.1. The second-order valence-corrected chi connectivity index (χ2v) is 6.69. The number of nitrogens with zero attached hydrogens (tertiary/aromatic N) is 3. The third-order valence-corrected chi connectivity index (χ3v) is 4.80. The van der Waals surface area contributed by atoms with Crippen LogP contribution >= 0.6 is 11.6 Å². The Hall–Kier alpha value is -1.85.